The van der Waals surface area contributed by atoms with Gasteiger partial charge in [0.25, 0.3) is 0 Å². The highest BCUT2D eigenvalue weighted by molar-refractivity contribution is 6.00. The molecule has 1 aliphatic heterocycles. The number of ether oxygens (including phenoxy) is 1. The Bertz CT molecular complexity index is 515. The van der Waals surface area contributed by atoms with Gasteiger partial charge < -0.3 is 10.5 Å². The van der Waals surface area contributed by atoms with Crippen LogP contribution >= 0.6 is 0 Å². The van der Waals surface area contributed by atoms with Gasteiger partial charge in [-0.2, -0.15) is 0 Å². The van der Waals surface area contributed by atoms with E-state index in [1.807, 2.05) is 18.2 Å². The van der Waals surface area contributed by atoms with Crippen molar-refractivity contribution < 1.29 is 9.53 Å². The molecule has 0 saturated carbocycles. The van der Waals surface area contributed by atoms with Gasteiger partial charge in [0.15, 0.2) is 5.78 Å². The van der Waals surface area contributed by atoms with E-state index in [4.69, 9.17) is 10.5 Å². The number of ketones is 1. The first-order valence-electron chi connectivity index (χ1n) is 6.76. The molecule has 3 heteroatoms. The fraction of sp³-hybridized carbons (Fsp3) is 0.562. The van der Waals surface area contributed by atoms with Gasteiger partial charge in [-0.15, -0.1) is 0 Å². The maximum atomic E-state index is 12.0. The summed E-state index contributed by atoms with van der Waals surface area (Å²) in [5.74, 6) is 0.853. The van der Waals surface area contributed by atoms with E-state index in [0.29, 0.717) is 5.56 Å². The third-order valence-electron chi connectivity index (χ3n) is 3.66. The minimum absolute atomic E-state index is 0.00872. The highest BCUT2D eigenvalue weighted by Gasteiger charge is 2.39. The monoisotopic (exact) mass is 261 g/mol. The zero-order chi connectivity index (χ0) is 14.4. The van der Waals surface area contributed by atoms with Crippen LogP contribution in [0.4, 0.5) is 0 Å². The van der Waals surface area contributed by atoms with Crippen LogP contribution in [0.1, 0.15) is 57.0 Å². The van der Waals surface area contributed by atoms with Crippen LogP contribution in [0.5, 0.6) is 5.75 Å². The number of hydrogen-bond acceptors (Lipinski definition) is 3. The first-order chi connectivity index (χ1) is 8.62. The lowest BCUT2D eigenvalue weighted by Crippen LogP contribution is -2.41. The second kappa shape index (κ2) is 4.34. The van der Waals surface area contributed by atoms with Crippen molar-refractivity contribution in [3.8, 4) is 5.75 Å². The van der Waals surface area contributed by atoms with Gasteiger partial charge in [-0.25, -0.2) is 0 Å². The van der Waals surface area contributed by atoms with Crippen LogP contribution in [0.25, 0.3) is 0 Å². The predicted octanol–water partition coefficient (Wildman–Crippen LogP) is 3.06. The molecule has 0 spiro atoms. The average Bonchev–Trinajstić information content (AvgIpc) is 2.25. The van der Waals surface area contributed by atoms with E-state index in [0.717, 1.165) is 17.7 Å². The highest BCUT2D eigenvalue weighted by atomic mass is 16.5. The Morgan fingerprint density at radius 3 is 2.53 bits per heavy atom. The first-order valence-corrected chi connectivity index (χ1v) is 6.76. The number of fused-ring (bicyclic) bond motifs is 1. The molecule has 19 heavy (non-hydrogen) atoms. The fourth-order valence-corrected chi connectivity index (χ4v) is 3.06. The van der Waals surface area contributed by atoms with Crippen LogP contribution < -0.4 is 10.5 Å². The average molecular weight is 261 g/mol. The van der Waals surface area contributed by atoms with E-state index in [-0.39, 0.29) is 16.8 Å². The second-order valence-electron chi connectivity index (χ2n) is 6.79. The van der Waals surface area contributed by atoms with Crippen molar-refractivity contribution in [2.24, 2.45) is 5.73 Å². The smallest absolute Gasteiger partial charge is 0.179 e. The number of Topliss-reactive ketones (excluding diaryl/α,β-unsaturated/α-hetero) is 1. The van der Waals surface area contributed by atoms with E-state index in [9.17, 15) is 4.79 Å². The topological polar surface area (TPSA) is 52.3 Å². The number of benzene rings is 1. The Hall–Kier alpha value is -1.35. The fourth-order valence-electron chi connectivity index (χ4n) is 3.06. The van der Waals surface area contributed by atoms with Gasteiger partial charge in [-0.05, 0) is 50.8 Å². The molecule has 0 fully saturated rings. The van der Waals surface area contributed by atoms with Crippen LogP contribution in [0.15, 0.2) is 18.2 Å². The Balaban J connectivity index is 2.49. The van der Waals surface area contributed by atoms with Gasteiger partial charge in [0.2, 0.25) is 0 Å². The molecule has 0 saturated heterocycles. The Morgan fingerprint density at radius 1 is 1.32 bits per heavy atom. The SMILES string of the molecule is CC(N)C(=O)c1ccc2c(c1)C(C)(C)CC(C)(C)O2. The van der Waals surface area contributed by atoms with Crippen molar-refractivity contribution in [2.45, 2.75) is 58.1 Å². The molecule has 0 bridgehead atoms. The van der Waals surface area contributed by atoms with Gasteiger partial charge in [0.05, 0.1) is 6.04 Å². The maximum absolute atomic E-state index is 12.0. The molecule has 0 radical (unpaired) electrons. The number of rotatable bonds is 2. The standard InChI is InChI=1S/C16H23NO2/c1-10(17)14(18)11-6-7-13-12(8-11)15(2,3)9-16(4,5)19-13/h6-8,10H,9,17H2,1-5H3. The third-order valence-corrected chi connectivity index (χ3v) is 3.66. The molecule has 1 aromatic carbocycles. The van der Waals surface area contributed by atoms with Crippen LogP contribution in [-0.4, -0.2) is 17.4 Å². The Kier molecular flexibility index (Phi) is 3.21. The van der Waals surface area contributed by atoms with Crippen LogP contribution in [0.3, 0.4) is 0 Å². The molecule has 1 heterocycles. The van der Waals surface area contributed by atoms with Crippen molar-refractivity contribution in [1.29, 1.82) is 0 Å². The minimum atomic E-state index is -0.470. The number of carbonyl (C=O) groups excluding carboxylic acids is 1. The molecule has 1 unspecified atom stereocenters. The first kappa shape index (κ1) is 14.1. The highest BCUT2D eigenvalue weighted by Crippen LogP contribution is 2.44. The summed E-state index contributed by atoms with van der Waals surface area (Å²) in [6, 6.07) is 5.17. The summed E-state index contributed by atoms with van der Waals surface area (Å²) in [5.41, 5.74) is 7.25. The van der Waals surface area contributed by atoms with Crippen molar-refractivity contribution in [1.82, 2.24) is 0 Å². The molecule has 3 nitrogen and oxygen atoms in total. The Morgan fingerprint density at radius 2 is 1.95 bits per heavy atom. The van der Waals surface area contributed by atoms with E-state index in [1.54, 1.807) is 6.92 Å². The van der Waals surface area contributed by atoms with Gasteiger partial charge in [0.1, 0.15) is 11.4 Å². The third kappa shape index (κ3) is 2.66. The molecule has 2 N–H and O–H groups in total. The zero-order valence-corrected chi connectivity index (χ0v) is 12.4. The molecule has 0 aliphatic carbocycles. The number of hydrogen-bond donors (Lipinski definition) is 1. The van der Waals surface area contributed by atoms with E-state index >= 15 is 0 Å². The van der Waals surface area contributed by atoms with Crippen molar-refractivity contribution in [2.75, 3.05) is 0 Å². The molecule has 1 aromatic rings. The normalized spacial score (nSPS) is 21.2. The van der Waals surface area contributed by atoms with Crippen LogP contribution in [0.2, 0.25) is 0 Å². The van der Waals surface area contributed by atoms with Gasteiger partial charge >= 0.3 is 0 Å². The number of nitrogens with two attached hydrogens (primary N) is 1. The van der Waals surface area contributed by atoms with Gasteiger partial charge in [-0.1, -0.05) is 13.8 Å². The second-order valence-corrected chi connectivity index (χ2v) is 6.79. The number of carbonyl (C=O) groups is 1. The van der Waals surface area contributed by atoms with Crippen LogP contribution in [-0.2, 0) is 5.41 Å². The van der Waals surface area contributed by atoms with Crippen molar-refractivity contribution in [3.05, 3.63) is 29.3 Å². The zero-order valence-electron chi connectivity index (χ0n) is 12.4. The van der Waals surface area contributed by atoms with Crippen LogP contribution in [0, 0.1) is 0 Å². The van der Waals surface area contributed by atoms with Crippen molar-refractivity contribution in [3.63, 3.8) is 0 Å². The lowest BCUT2D eigenvalue weighted by atomic mass is 9.73. The summed E-state index contributed by atoms with van der Waals surface area (Å²) < 4.78 is 6.01. The lowest BCUT2D eigenvalue weighted by Gasteiger charge is -2.42. The van der Waals surface area contributed by atoms with Gasteiger partial charge in [0, 0.05) is 11.1 Å². The molecule has 0 aromatic heterocycles. The van der Waals surface area contributed by atoms with E-state index in [2.05, 4.69) is 27.7 Å². The predicted molar refractivity (Wildman–Crippen MR) is 76.8 cm³/mol. The molecule has 2 rings (SSSR count). The summed E-state index contributed by atoms with van der Waals surface area (Å²) in [6.45, 7) is 10.3. The van der Waals surface area contributed by atoms with Gasteiger partial charge in [-0.3, -0.25) is 4.79 Å². The van der Waals surface area contributed by atoms with E-state index in [1.165, 1.54) is 0 Å². The lowest BCUT2D eigenvalue weighted by molar-refractivity contribution is 0.0533. The summed E-state index contributed by atoms with van der Waals surface area (Å²) >= 11 is 0. The maximum Gasteiger partial charge on any atom is 0.179 e. The summed E-state index contributed by atoms with van der Waals surface area (Å²) in [6.07, 6.45) is 0.919. The summed E-state index contributed by atoms with van der Waals surface area (Å²) in [4.78, 5) is 12.0. The van der Waals surface area contributed by atoms with E-state index < -0.39 is 6.04 Å². The molecular formula is C16H23NO2. The minimum Gasteiger partial charge on any atom is -0.488 e. The molecule has 104 valence electrons. The molecule has 0 amide bonds. The quantitative estimate of drug-likeness (QED) is 0.832. The summed E-state index contributed by atoms with van der Waals surface area (Å²) in [5, 5.41) is 0. The molecule has 1 atom stereocenters. The van der Waals surface area contributed by atoms with Crippen molar-refractivity contribution >= 4 is 5.78 Å². The molecule has 1 aliphatic rings. The molecular weight excluding hydrogens is 238 g/mol. The largest absolute Gasteiger partial charge is 0.488 e. The summed E-state index contributed by atoms with van der Waals surface area (Å²) in [7, 11) is 0. The Labute approximate surface area is 115 Å².